The topological polar surface area (TPSA) is 93.2 Å². The van der Waals surface area contributed by atoms with Crippen molar-refractivity contribution in [1.29, 1.82) is 0 Å². The fourth-order valence-corrected chi connectivity index (χ4v) is 6.44. The fourth-order valence-electron chi connectivity index (χ4n) is 5.45. The second-order valence-corrected chi connectivity index (χ2v) is 11.8. The quantitative estimate of drug-likeness (QED) is 0.446. The van der Waals surface area contributed by atoms with Crippen molar-refractivity contribution in [1.82, 2.24) is 9.97 Å². The molecule has 190 valence electrons. The molecule has 0 saturated heterocycles. The number of ether oxygens (including phenoxy) is 1. The summed E-state index contributed by atoms with van der Waals surface area (Å²) in [5, 5.41) is 3.58. The van der Waals surface area contributed by atoms with Crippen LogP contribution in [-0.4, -0.2) is 30.5 Å². The van der Waals surface area contributed by atoms with E-state index >= 15 is 0 Å². The number of rotatable bonds is 3. The molecule has 2 aliphatic rings. The molecule has 1 aromatic heterocycles. The summed E-state index contributed by atoms with van der Waals surface area (Å²) in [4.78, 5) is 9.23. The predicted molar refractivity (Wildman–Crippen MR) is 143 cm³/mol. The molecule has 0 amide bonds. The third-order valence-electron chi connectivity index (χ3n) is 7.35. The normalized spacial score (nSPS) is 21.8. The van der Waals surface area contributed by atoms with Gasteiger partial charge in [-0.2, -0.15) is 4.98 Å². The summed E-state index contributed by atoms with van der Waals surface area (Å²) in [5.74, 6) is 0.975. The first kappa shape index (κ1) is 24.6. The molecule has 4 bridgehead atoms. The molecule has 5 rings (SSSR count). The first-order valence-corrected chi connectivity index (χ1v) is 14.3. The van der Waals surface area contributed by atoms with Crippen LogP contribution < -0.4 is 14.8 Å². The number of nitrogens with one attached hydrogen (secondary N) is 2. The minimum atomic E-state index is -3.89. The molecular weight excluding hydrogens is 472 g/mol. The number of aryl methyl sites for hydroxylation is 2. The summed E-state index contributed by atoms with van der Waals surface area (Å²) >= 11 is 0. The van der Waals surface area contributed by atoms with Gasteiger partial charge in [-0.25, -0.2) is 18.1 Å². The van der Waals surface area contributed by atoms with E-state index in [-0.39, 0.29) is 23.0 Å². The lowest BCUT2D eigenvalue weighted by Gasteiger charge is -2.32. The summed E-state index contributed by atoms with van der Waals surface area (Å²) in [5.41, 5.74) is 4.43. The van der Waals surface area contributed by atoms with Gasteiger partial charge in [-0.15, -0.1) is 0 Å². The van der Waals surface area contributed by atoms with Gasteiger partial charge in [0.15, 0.2) is 0 Å². The Kier molecular flexibility index (Phi) is 6.88. The van der Waals surface area contributed by atoms with Crippen LogP contribution >= 0.6 is 0 Å². The van der Waals surface area contributed by atoms with E-state index in [9.17, 15) is 8.42 Å². The molecule has 3 aromatic rings. The van der Waals surface area contributed by atoms with Crippen LogP contribution in [-0.2, 0) is 10.0 Å². The molecule has 2 atom stereocenters. The first-order valence-electron chi connectivity index (χ1n) is 12.8. The number of hydrogen-bond donors (Lipinski definition) is 2. The van der Waals surface area contributed by atoms with E-state index in [1.54, 1.807) is 18.2 Å². The largest absolute Gasteiger partial charge is 0.472 e. The molecule has 1 aliphatic carbocycles. The number of sulfonamides is 1. The monoisotopic (exact) mass is 506 g/mol. The third kappa shape index (κ3) is 5.33. The molecule has 1 saturated carbocycles. The lowest BCUT2D eigenvalue weighted by Crippen LogP contribution is -2.38. The maximum Gasteiger partial charge on any atom is 0.264 e. The number of benzene rings is 2. The Hall–Kier alpha value is -3.13. The Balaban J connectivity index is 1.60. The Morgan fingerprint density at radius 1 is 0.972 bits per heavy atom. The van der Waals surface area contributed by atoms with Crippen molar-refractivity contribution in [2.45, 2.75) is 76.3 Å². The highest BCUT2D eigenvalue weighted by atomic mass is 32.2. The molecule has 0 spiro atoms. The van der Waals surface area contributed by atoms with Crippen molar-refractivity contribution in [2.75, 3.05) is 10.0 Å². The van der Waals surface area contributed by atoms with Crippen LogP contribution in [0.15, 0.2) is 53.4 Å². The second-order valence-electron chi connectivity index (χ2n) is 10.1. The zero-order chi connectivity index (χ0) is 25.3. The highest BCUT2D eigenvalue weighted by Crippen LogP contribution is 2.33. The first-order chi connectivity index (χ1) is 17.3. The maximum atomic E-state index is 13.3. The minimum Gasteiger partial charge on any atom is -0.472 e. The second kappa shape index (κ2) is 10.1. The van der Waals surface area contributed by atoms with Crippen molar-refractivity contribution in [3.8, 4) is 17.1 Å². The summed E-state index contributed by atoms with van der Waals surface area (Å²) in [6.07, 6.45) is 7.03. The lowest BCUT2D eigenvalue weighted by molar-refractivity contribution is 0.168. The Morgan fingerprint density at radius 3 is 2.44 bits per heavy atom. The van der Waals surface area contributed by atoms with Gasteiger partial charge in [0, 0.05) is 17.3 Å². The van der Waals surface area contributed by atoms with Gasteiger partial charge in [0.05, 0.1) is 16.6 Å². The number of hydrogen-bond acceptors (Lipinski definition) is 6. The molecule has 1 aliphatic heterocycles. The summed E-state index contributed by atoms with van der Waals surface area (Å²) in [6, 6.07) is 14.8. The minimum absolute atomic E-state index is 0.000110. The predicted octanol–water partition coefficient (Wildman–Crippen LogP) is 6.09. The molecule has 36 heavy (non-hydrogen) atoms. The van der Waals surface area contributed by atoms with E-state index in [0.717, 1.165) is 28.8 Å². The average molecular weight is 507 g/mol. The van der Waals surface area contributed by atoms with Gasteiger partial charge >= 0.3 is 0 Å². The standard InChI is InChI=1S/C28H34N4O3S/c1-18-9-7-10-19(2)27(18)25-17-26-31-28(30-25)32-36(33,34)23-14-8-13-22(16-23)29-24(20(3)35-26)15-21-11-5-4-6-12-21/h7-10,13-14,16-17,20-21,24,29H,4-6,11-12,15H2,1-3H3,(H,30,31,32)/t20-,24-/m1/s1. The van der Waals surface area contributed by atoms with E-state index in [1.807, 2.05) is 44.2 Å². The molecular formula is C28H34N4O3S. The van der Waals surface area contributed by atoms with Crippen LogP contribution in [0.25, 0.3) is 11.3 Å². The van der Waals surface area contributed by atoms with E-state index in [0.29, 0.717) is 17.5 Å². The van der Waals surface area contributed by atoms with E-state index in [4.69, 9.17) is 4.74 Å². The molecule has 2 N–H and O–H groups in total. The molecule has 7 nitrogen and oxygen atoms in total. The van der Waals surface area contributed by atoms with Crippen LogP contribution in [0.5, 0.6) is 5.88 Å². The Bertz CT molecular complexity index is 1330. The van der Waals surface area contributed by atoms with Gasteiger partial charge < -0.3 is 10.1 Å². The SMILES string of the molecule is Cc1cccc(C)c1-c1cc2nc(n1)NS(=O)(=O)c1cccc(c1)N[C@H](CC1CCCCC1)[C@@H](C)O2. The van der Waals surface area contributed by atoms with Crippen LogP contribution in [0.4, 0.5) is 11.6 Å². The van der Waals surface area contributed by atoms with Crippen molar-refractivity contribution in [3.63, 3.8) is 0 Å². The molecule has 8 heteroatoms. The molecule has 1 fully saturated rings. The Morgan fingerprint density at radius 2 is 1.69 bits per heavy atom. The van der Waals surface area contributed by atoms with Crippen LogP contribution in [0.3, 0.4) is 0 Å². The summed E-state index contributed by atoms with van der Waals surface area (Å²) in [6.45, 7) is 6.09. The zero-order valence-electron chi connectivity index (χ0n) is 21.1. The summed E-state index contributed by atoms with van der Waals surface area (Å²) < 4.78 is 35.5. The molecule has 2 heterocycles. The zero-order valence-corrected chi connectivity index (χ0v) is 21.9. The van der Waals surface area contributed by atoms with E-state index in [2.05, 4.69) is 26.9 Å². The third-order valence-corrected chi connectivity index (χ3v) is 8.67. The van der Waals surface area contributed by atoms with Crippen LogP contribution in [0, 0.1) is 19.8 Å². The van der Waals surface area contributed by atoms with Crippen molar-refractivity contribution in [3.05, 3.63) is 59.7 Å². The van der Waals surface area contributed by atoms with Crippen LogP contribution in [0.2, 0.25) is 0 Å². The van der Waals surface area contributed by atoms with Gasteiger partial charge in [0.25, 0.3) is 10.0 Å². The smallest absolute Gasteiger partial charge is 0.264 e. The number of nitrogens with zero attached hydrogens (tertiary/aromatic N) is 2. The van der Waals surface area contributed by atoms with Gasteiger partial charge in [0.1, 0.15) is 6.10 Å². The van der Waals surface area contributed by atoms with Gasteiger partial charge in [-0.3, -0.25) is 0 Å². The van der Waals surface area contributed by atoms with Crippen molar-refractivity contribution in [2.24, 2.45) is 5.92 Å². The van der Waals surface area contributed by atoms with Gasteiger partial charge in [-0.1, -0.05) is 56.4 Å². The number of aromatic nitrogens is 2. The summed E-state index contributed by atoms with van der Waals surface area (Å²) in [7, 11) is -3.89. The molecule has 2 aromatic carbocycles. The number of anilines is 2. The van der Waals surface area contributed by atoms with Crippen LogP contribution in [0.1, 0.15) is 56.6 Å². The van der Waals surface area contributed by atoms with Crippen molar-refractivity contribution >= 4 is 21.7 Å². The van der Waals surface area contributed by atoms with Crippen molar-refractivity contribution < 1.29 is 13.2 Å². The highest BCUT2D eigenvalue weighted by molar-refractivity contribution is 7.92. The van der Waals surface area contributed by atoms with E-state index in [1.165, 1.54) is 32.1 Å². The number of fused-ring (bicyclic) bond motifs is 4. The average Bonchev–Trinajstić information content (AvgIpc) is 2.83. The Labute approximate surface area is 213 Å². The fraction of sp³-hybridized carbons (Fsp3) is 0.429. The van der Waals surface area contributed by atoms with Gasteiger partial charge in [-0.05, 0) is 62.4 Å². The van der Waals surface area contributed by atoms with E-state index < -0.39 is 10.0 Å². The lowest BCUT2D eigenvalue weighted by atomic mass is 9.84. The molecule has 0 unspecified atom stereocenters. The highest BCUT2D eigenvalue weighted by Gasteiger charge is 2.27. The van der Waals surface area contributed by atoms with Gasteiger partial charge in [0.2, 0.25) is 11.8 Å². The molecule has 0 radical (unpaired) electrons. The maximum absolute atomic E-state index is 13.3.